The van der Waals surface area contributed by atoms with Crippen molar-refractivity contribution in [3.05, 3.63) is 0 Å². The number of rotatable bonds is 5. The summed E-state index contributed by atoms with van der Waals surface area (Å²) in [6.07, 6.45) is 10.1. The van der Waals surface area contributed by atoms with Gasteiger partial charge in [-0.15, -0.1) is 0 Å². The molecule has 2 unspecified atom stereocenters. The van der Waals surface area contributed by atoms with Crippen molar-refractivity contribution in [2.75, 3.05) is 20.1 Å². The molecule has 0 aliphatic heterocycles. The van der Waals surface area contributed by atoms with E-state index in [2.05, 4.69) is 24.2 Å². The van der Waals surface area contributed by atoms with Crippen LogP contribution in [0.3, 0.4) is 0 Å². The van der Waals surface area contributed by atoms with Gasteiger partial charge in [0, 0.05) is 18.6 Å². The van der Waals surface area contributed by atoms with Crippen molar-refractivity contribution in [1.82, 2.24) is 10.2 Å². The summed E-state index contributed by atoms with van der Waals surface area (Å²) in [4.78, 5) is 2.65. The summed E-state index contributed by atoms with van der Waals surface area (Å²) < 4.78 is 0. The highest BCUT2D eigenvalue weighted by atomic mass is 15.1. The van der Waals surface area contributed by atoms with Crippen molar-refractivity contribution < 1.29 is 0 Å². The molecule has 2 aliphatic rings. The average Bonchev–Trinajstić information content (AvgIpc) is 2.89. The van der Waals surface area contributed by atoms with Crippen molar-refractivity contribution in [2.45, 2.75) is 64.0 Å². The van der Waals surface area contributed by atoms with Gasteiger partial charge >= 0.3 is 0 Å². The number of nitrogens with zero attached hydrogens (tertiary/aromatic N) is 1. The quantitative estimate of drug-likeness (QED) is 0.772. The molecule has 1 N–H and O–H groups in total. The van der Waals surface area contributed by atoms with Gasteiger partial charge in [0.05, 0.1) is 0 Å². The number of nitrogens with one attached hydrogen (secondary N) is 1. The van der Waals surface area contributed by atoms with Crippen LogP contribution < -0.4 is 5.32 Å². The van der Waals surface area contributed by atoms with Gasteiger partial charge in [0.15, 0.2) is 0 Å². The van der Waals surface area contributed by atoms with E-state index >= 15 is 0 Å². The van der Waals surface area contributed by atoms with Crippen LogP contribution in [0.25, 0.3) is 0 Å². The molecule has 0 aromatic heterocycles. The molecule has 2 rings (SSSR count). The lowest BCUT2D eigenvalue weighted by Crippen LogP contribution is -2.35. The first-order valence-electron chi connectivity index (χ1n) is 7.23. The Morgan fingerprint density at radius 3 is 2.56 bits per heavy atom. The van der Waals surface area contributed by atoms with Gasteiger partial charge in [-0.3, -0.25) is 0 Å². The lowest BCUT2D eigenvalue weighted by atomic mass is 10.1. The van der Waals surface area contributed by atoms with E-state index in [4.69, 9.17) is 0 Å². The molecule has 2 heteroatoms. The summed E-state index contributed by atoms with van der Waals surface area (Å²) >= 11 is 0. The predicted octanol–water partition coefficient (Wildman–Crippen LogP) is 2.64. The molecule has 0 saturated heterocycles. The number of hydrogen-bond donors (Lipinski definition) is 1. The predicted molar refractivity (Wildman–Crippen MR) is 69.7 cm³/mol. The maximum atomic E-state index is 3.60. The van der Waals surface area contributed by atoms with E-state index < -0.39 is 0 Å². The topological polar surface area (TPSA) is 15.3 Å². The molecule has 2 aliphatic carbocycles. The molecule has 2 atom stereocenters. The Hall–Kier alpha value is -0.0800. The van der Waals surface area contributed by atoms with Crippen molar-refractivity contribution in [3.8, 4) is 0 Å². The van der Waals surface area contributed by atoms with Gasteiger partial charge in [0.25, 0.3) is 0 Å². The van der Waals surface area contributed by atoms with Crippen molar-refractivity contribution in [1.29, 1.82) is 0 Å². The molecule has 2 nitrogen and oxygen atoms in total. The fourth-order valence-corrected chi connectivity index (χ4v) is 3.58. The first-order chi connectivity index (χ1) is 7.79. The highest BCUT2D eigenvalue weighted by Crippen LogP contribution is 2.29. The van der Waals surface area contributed by atoms with Crippen LogP contribution in [-0.4, -0.2) is 37.1 Å². The van der Waals surface area contributed by atoms with Crippen LogP contribution >= 0.6 is 0 Å². The van der Waals surface area contributed by atoms with Crippen LogP contribution in [0, 0.1) is 5.92 Å². The van der Waals surface area contributed by atoms with Crippen molar-refractivity contribution >= 4 is 0 Å². The Kier molecular flexibility index (Phi) is 4.66. The van der Waals surface area contributed by atoms with Crippen LogP contribution in [0.2, 0.25) is 0 Å². The maximum absolute atomic E-state index is 3.60. The molecule has 2 fully saturated rings. The van der Waals surface area contributed by atoms with Gasteiger partial charge in [-0.05, 0) is 51.6 Å². The lowest BCUT2D eigenvalue weighted by Gasteiger charge is -2.27. The minimum Gasteiger partial charge on any atom is -0.314 e. The Bertz CT molecular complexity index is 199. The van der Waals surface area contributed by atoms with E-state index in [0.717, 1.165) is 24.5 Å². The molecule has 0 aromatic carbocycles. The Morgan fingerprint density at radius 1 is 1.12 bits per heavy atom. The van der Waals surface area contributed by atoms with Crippen LogP contribution in [0.1, 0.15) is 51.9 Å². The highest BCUT2D eigenvalue weighted by molar-refractivity contribution is 4.86. The van der Waals surface area contributed by atoms with Gasteiger partial charge in [-0.25, -0.2) is 0 Å². The molecular formula is C14H28N2. The molecule has 0 spiro atoms. The molecule has 2 saturated carbocycles. The highest BCUT2D eigenvalue weighted by Gasteiger charge is 2.28. The third-order valence-electron chi connectivity index (χ3n) is 4.54. The van der Waals surface area contributed by atoms with Crippen LogP contribution in [-0.2, 0) is 0 Å². The Balaban J connectivity index is 1.71. The fourth-order valence-electron chi connectivity index (χ4n) is 3.58. The molecular weight excluding hydrogens is 196 g/mol. The molecule has 0 aromatic rings. The van der Waals surface area contributed by atoms with Crippen LogP contribution in [0.5, 0.6) is 0 Å². The maximum Gasteiger partial charge on any atom is 0.0108 e. The van der Waals surface area contributed by atoms with Gasteiger partial charge < -0.3 is 10.2 Å². The SMILES string of the molecule is CCNC1CCC(N(C)CC2CCCC2)C1. The van der Waals surface area contributed by atoms with Gasteiger partial charge in [0.2, 0.25) is 0 Å². The smallest absolute Gasteiger partial charge is 0.0108 e. The standard InChI is InChI=1S/C14H28N2/c1-3-15-13-8-9-14(10-13)16(2)11-12-6-4-5-7-12/h12-15H,3-11H2,1-2H3. The zero-order valence-electron chi connectivity index (χ0n) is 11.0. The normalized spacial score (nSPS) is 31.7. The van der Waals surface area contributed by atoms with Crippen molar-refractivity contribution in [3.63, 3.8) is 0 Å². The third kappa shape index (κ3) is 3.21. The molecule has 0 heterocycles. The average molecular weight is 224 g/mol. The summed E-state index contributed by atoms with van der Waals surface area (Å²) in [5.74, 6) is 1.00. The lowest BCUT2D eigenvalue weighted by molar-refractivity contribution is 0.207. The molecule has 94 valence electrons. The van der Waals surface area contributed by atoms with Gasteiger partial charge in [0.1, 0.15) is 0 Å². The second-order valence-electron chi connectivity index (χ2n) is 5.81. The summed E-state index contributed by atoms with van der Waals surface area (Å²) in [6.45, 7) is 4.70. The van der Waals surface area contributed by atoms with Crippen molar-refractivity contribution in [2.24, 2.45) is 5.92 Å². The van der Waals surface area contributed by atoms with E-state index in [1.54, 1.807) is 0 Å². The summed E-state index contributed by atoms with van der Waals surface area (Å²) in [7, 11) is 2.34. The Labute approximate surface area is 101 Å². The second kappa shape index (κ2) is 6.02. The zero-order chi connectivity index (χ0) is 11.4. The second-order valence-corrected chi connectivity index (χ2v) is 5.81. The Morgan fingerprint density at radius 2 is 1.88 bits per heavy atom. The summed E-state index contributed by atoms with van der Waals surface area (Å²) in [6, 6.07) is 1.64. The number of hydrogen-bond acceptors (Lipinski definition) is 2. The van der Waals surface area contributed by atoms with E-state index in [0.29, 0.717) is 0 Å². The zero-order valence-corrected chi connectivity index (χ0v) is 11.0. The minimum atomic E-state index is 0.793. The minimum absolute atomic E-state index is 0.793. The first kappa shape index (κ1) is 12.4. The van der Waals surface area contributed by atoms with Crippen LogP contribution in [0.15, 0.2) is 0 Å². The van der Waals surface area contributed by atoms with Gasteiger partial charge in [-0.2, -0.15) is 0 Å². The van der Waals surface area contributed by atoms with E-state index in [1.165, 1.54) is 51.5 Å². The largest absolute Gasteiger partial charge is 0.314 e. The van der Waals surface area contributed by atoms with Crippen LogP contribution in [0.4, 0.5) is 0 Å². The molecule has 0 radical (unpaired) electrons. The van der Waals surface area contributed by atoms with E-state index in [9.17, 15) is 0 Å². The summed E-state index contributed by atoms with van der Waals surface area (Å²) in [5, 5.41) is 3.60. The molecule has 16 heavy (non-hydrogen) atoms. The van der Waals surface area contributed by atoms with E-state index in [-0.39, 0.29) is 0 Å². The summed E-state index contributed by atoms with van der Waals surface area (Å²) in [5.41, 5.74) is 0. The monoisotopic (exact) mass is 224 g/mol. The fraction of sp³-hybridized carbons (Fsp3) is 1.00. The third-order valence-corrected chi connectivity index (χ3v) is 4.54. The van der Waals surface area contributed by atoms with Gasteiger partial charge in [-0.1, -0.05) is 19.8 Å². The molecule has 0 bridgehead atoms. The van der Waals surface area contributed by atoms with E-state index in [1.807, 2.05) is 0 Å². The first-order valence-corrected chi connectivity index (χ1v) is 7.23. The molecule has 0 amide bonds.